The molecule has 2 rings (SSSR count). The number of carbonyl (C=O) groups excluding carboxylic acids is 1. The SMILES string of the molecule is CC1CC1CN(C)C(=O)c1cc(Br)cn1C. The van der Waals surface area contributed by atoms with Gasteiger partial charge in [0.2, 0.25) is 0 Å². The third-order valence-electron chi connectivity index (χ3n) is 3.32. The van der Waals surface area contributed by atoms with E-state index in [9.17, 15) is 4.79 Å². The lowest BCUT2D eigenvalue weighted by atomic mass is 10.3. The van der Waals surface area contributed by atoms with E-state index in [1.165, 1.54) is 6.42 Å². The Morgan fingerprint density at radius 3 is 2.75 bits per heavy atom. The molecule has 0 spiro atoms. The van der Waals surface area contributed by atoms with Crippen LogP contribution in [0.4, 0.5) is 0 Å². The number of carbonyl (C=O) groups is 1. The molecule has 0 radical (unpaired) electrons. The maximum atomic E-state index is 12.1. The second-order valence-electron chi connectivity index (χ2n) is 4.81. The van der Waals surface area contributed by atoms with Crippen LogP contribution in [0.1, 0.15) is 23.8 Å². The minimum Gasteiger partial charge on any atom is -0.345 e. The summed E-state index contributed by atoms with van der Waals surface area (Å²) in [4.78, 5) is 14.0. The lowest BCUT2D eigenvalue weighted by Gasteiger charge is -2.17. The van der Waals surface area contributed by atoms with Crippen LogP contribution in [0.5, 0.6) is 0 Å². The quantitative estimate of drug-likeness (QED) is 0.837. The molecule has 1 saturated carbocycles. The predicted octanol–water partition coefficient (Wildman–Crippen LogP) is 2.52. The maximum absolute atomic E-state index is 12.1. The molecule has 1 aliphatic carbocycles. The molecule has 0 aromatic carbocycles. The van der Waals surface area contributed by atoms with Gasteiger partial charge in [0, 0.05) is 31.3 Å². The molecule has 16 heavy (non-hydrogen) atoms. The fourth-order valence-electron chi connectivity index (χ4n) is 2.02. The number of amides is 1. The van der Waals surface area contributed by atoms with Gasteiger partial charge in [-0.05, 0) is 40.3 Å². The molecule has 1 aromatic heterocycles. The highest BCUT2D eigenvalue weighted by molar-refractivity contribution is 9.10. The second kappa shape index (κ2) is 4.24. The number of hydrogen-bond acceptors (Lipinski definition) is 1. The van der Waals surface area contributed by atoms with Crippen LogP contribution in [0, 0.1) is 11.8 Å². The Morgan fingerprint density at radius 2 is 2.31 bits per heavy atom. The molecule has 2 unspecified atom stereocenters. The van der Waals surface area contributed by atoms with E-state index in [0.717, 1.165) is 22.6 Å². The van der Waals surface area contributed by atoms with Crippen LogP contribution in [-0.2, 0) is 7.05 Å². The Hall–Kier alpha value is -0.770. The van der Waals surface area contributed by atoms with Crippen LogP contribution in [-0.4, -0.2) is 29.0 Å². The molecular weight excluding hydrogens is 268 g/mol. The summed E-state index contributed by atoms with van der Waals surface area (Å²) < 4.78 is 2.81. The van der Waals surface area contributed by atoms with Gasteiger partial charge in [-0.25, -0.2) is 0 Å². The van der Waals surface area contributed by atoms with Crippen LogP contribution in [0.2, 0.25) is 0 Å². The monoisotopic (exact) mass is 284 g/mol. The van der Waals surface area contributed by atoms with Crippen LogP contribution >= 0.6 is 15.9 Å². The normalized spacial score (nSPS) is 23.2. The van der Waals surface area contributed by atoms with Crippen molar-refractivity contribution in [2.75, 3.05) is 13.6 Å². The number of nitrogens with zero attached hydrogens (tertiary/aromatic N) is 2. The van der Waals surface area contributed by atoms with Crippen molar-refractivity contribution in [3.63, 3.8) is 0 Å². The number of halogens is 1. The number of aromatic nitrogens is 1. The molecule has 1 aliphatic rings. The largest absolute Gasteiger partial charge is 0.345 e. The van der Waals surface area contributed by atoms with E-state index in [0.29, 0.717) is 5.92 Å². The van der Waals surface area contributed by atoms with E-state index >= 15 is 0 Å². The Morgan fingerprint density at radius 1 is 1.69 bits per heavy atom. The lowest BCUT2D eigenvalue weighted by molar-refractivity contribution is 0.0777. The van der Waals surface area contributed by atoms with Gasteiger partial charge in [-0.1, -0.05) is 6.92 Å². The molecule has 1 fully saturated rings. The predicted molar refractivity (Wildman–Crippen MR) is 67.3 cm³/mol. The van der Waals surface area contributed by atoms with Crippen molar-refractivity contribution in [2.24, 2.45) is 18.9 Å². The molecule has 0 saturated heterocycles. The summed E-state index contributed by atoms with van der Waals surface area (Å²) in [5, 5.41) is 0. The zero-order chi connectivity index (χ0) is 11.9. The summed E-state index contributed by atoms with van der Waals surface area (Å²) >= 11 is 3.38. The van der Waals surface area contributed by atoms with Crippen LogP contribution in [0.15, 0.2) is 16.7 Å². The first kappa shape index (κ1) is 11.7. The van der Waals surface area contributed by atoms with Gasteiger partial charge >= 0.3 is 0 Å². The van der Waals surface area contributed by atoms with Crippen LogP contribution < -0.4 is 0 Å². The molecular formula is C12H17BrN2O. The summed E-state index contributed by atoms with van der Waals surface area (Å²) in [6.45, 7) is 3.12. The third kappa shape index (κ3) is 2.32. The maximum Gasteiger partial charge on any atom is 0.270 e. The number of aryl methyl sites for hydroxylation is 1. The van der Waals surface area contributed by atoms with E-state index in [2.05, 4.69) is 22.9 Å². The highest BCUT2D eigenvalue weighted by Crippen LogP contribution is 2.38. The molecule has 0 aliphatic heterocycles. The number of rotatable bonds is 3. The lowest BCUT2D eigenvalue weighted by Crippen LogP contribution is -2.30. The summed E-state index contributed by atoms with van der Waals surface area (Å²) in [6.07, 6.45) is 3.16. The minimum absolute atomic E-state index is 0.104. The Labute approximate surface area is 105 Å². The first-order chi connectivity index (χ1) is 7.49. The van der Waals surface area contributed by atoms with Gasteiger partial charge in [0.25, 0.3) is 5.91 Å². The van der Waals surface area contributed by atoms with Crippen molar-refractivity contribution in [1.29, 1.82) is 0 Å². The smallest absolute Gasteiger partial charge is 0.270 e. The number of hydrogen-bond donors (Lipinski definition) is 0. The first-order valence-electron chi connectivity index (χ1n) is 5.56. The van der Waals surface area contributed by atoms with Gasteiger partial charge in [0.05, 0.1) is 0 Å². The Kier molecular flexibility index (Phi) is 3.10. The molecule has 1 aromatic rings. The van der Waals surface area contributed by atoms with Crippen LogP contribution in [0.25, 0.3) is 0 Å². The highest BCUT2D eigenvalue weighted by Gasteiger charge is 2.34. The zero-order valence-electron chi connectivity index (χ0n) is 9.90. The Balaban J connectivity index is 2.03. The van der Waals surface area contributed by atoms with E-state index in [4.69, 9.17) is 0 Å². The standard InChI is InChI=1S/C12H17BrN2O/c1-8-4-9(8)6-15(3)12(16)11-5-10(13)7-14(11)2/h5,7-9H,4,6H2,1-3H3. The van der Waals surface area contributed by atoms with E-state index in [1.54, 1.807) is 0 Å². The van der Waals surface area contributed by atoms with Gasteiger partial charge < -0.3 is 9.47 Å². The fourth-order valence-corrected chi connectivity index (χ4v) is 2.54. The third-order valence-corrected chi connectivity index (χ3v) is 3.76. The van der Waals surface area contributed by atoms with Gasteiger partial charge in [-0.3, -0.25) is 4.79 Å². The van der Waals surface area contributed by atoms with Gasteiger partial charge in [0.1, 0.15) is 5.69 Å². The van der Waals surface area contributed by atoms with E-state index in [1.807, 2.05) is 35.8 Å². The molecule has 88 valence electrons. The molecule has 1 amide bonds. The van der Waals surface area contributed by atoms with Crippen molar-refractivity contribution in [3.05, 3.63) is 22.4 Å². The van der Waals surface area contributed by atoms with Crippen molar-refractivity contribution in [2.45, 2.75) is 13.3 Å². The Bertz CT molecular complexity index is 413. The molecule has 0 N–H and O–H groups in total. The van der Waals surface area contributed by atoms with Crippen molar-refractivity contribution in [1.82, 2.24) is 9.47 Å². The minimum atomic E-state index is 0.104. The molecule has 4 heteroatoms. The van der Waals surface area contributed by atoms with Crippen molar-refractivity contribution >= 4 is 21.8 Å². The van der Waals surface area contributed by atoms with Crippen LogP contribution in [0.3, 0.4) is 0 Å². The first-order valence-corrected chi connectivity index (χ1v) is 6.35. The van der Waals surface area contributed by atoms with E-state index in [-0.39, 0.29) is 5.91 Å². The summed E-state index contributed by atoms with van der Waals surface area (Å²) in [6, 6.07) is 1.87. The van der Waals surface area contributed by atoms with Gasteiger partial charge in [-0.2, -0.15) is 0 Å². The average Bonchev–Trinajstić information content (AvgIpc) is 2.77. The topological polar surface area (TPSA) is 25.2 Å². The summed E-state index contributed by atoms with van der Waals surface area (Å²) in [7, 11) is 3.78. The molecule has 2 atom stereocenters. The highest BCUT2D eigenvalue weighted by atomic mass is 79.9. The molecule has 1 heterocycles. The van der Waals surface area contributed by atoms with Crippen molar-refractivity contribution < 1.29 is 4.79 Å². The van der Waals surface area contributed by atoms with Gasteiger partial charge in [-0.15, -0.1) is 0 Å². The van der Waals surface area contributed by atoms with E-state index < -0.39 is 0 Å². The molecule has 0 bridgehead atoms. The summed E-state index contributed by atoms with van der Waals surface area (Å²) in [5.74, 6) is 1.60. The second-order valence-corrected chi connectivity index (χ2v) is 5.73. The summed E-state index contributed by atoms with van der Waals surface area (Å²) in [5.41, 5.74) is 0.739. The zero-order valence-corrected chi connectivity index (χ0v) is 11.5. The molecule has 3 nitrogen and oxygen atoms in total. The van der Waals surface area contributed by atoms with Gasteiger partial charge in [0.15, 0.2) is 0 Å². The fraction of sp³-hybridized carbons (Fsp3) is 0.583. The van der Waals surface area contributed by atoms with Crippen molar-refractivity contribution in [3.8, 4) is 0 Å². The average molecular weight is 285 g/mol.